The molecule has 1 aromatic heterocycles. The van der Waals surface area contributed by atoms with E-state index in [-0.39, 0.29) is 17.0 Å². The Morgan fingerprint density at radius 3 is 2.08 bits per heavy atom. The molecule has 0 atom stereocenters. The van der Waals surface area contributed by atoms with Crippen molar-refractivity contribution in [3.8, 4) is 40.0 Å². The van der Waals surface area contributed by atoms with Crippen LogP contribution in [0.1, 0.15) is 15.9 Å². The second-order valence-corrected chi connectivity index (χ2v) is 7.68. The van der Waals surface area contributed by atoms with Gasteiger partial charge in [-0.3, -0.25) is 10.1 Å². The summed E-state index contributed by atoms with van der Waals surface area (Å²) in [6, 6.07) is 21.3. The number of ether oxygens (including phenoxy) is 3. The third-order valence-corrected chi connectivity index (χ3v) is 5.43. The number of methoxy groups -OCH3 is 2. The maximum Gasteiger partial charge on any atom is 0.341 e. The van der Waals surface area contributed by atoms with E-state index in [0.717, 1.165) is 6.07 Å². The first-order valence-electron chi connectivity index (χ1n) is 11.0. The first-order valence-corrected chi connectivity index (χ1v) is 11.0. The zero-order valence-electron chi connectivity index (χ0n) is 19.9. The number of nitrogens with zero attached hydrogens (tertiary/aromatic N) is 1. The van der Waals surface area contributed by atoms with Crippen LogP contribution in [0.3, 0.4) is 0 Å². The van der Waals surface area contributed by atoms with Crippen molar-refractivity contribution in [1.82, 2.24) is 0 Å². The molecule has 9 heteroatoms. The van der Waals surface area contributed by atoms with Crippen molar-refractivity contribution in [2.24, 2.45) is 0 Å². The molecule has 3 aromatic carbocycles. The van der Waals surface area contributed by atoms with Crippen molar-refractivity contribution in [2.75, 3.05) is 26.1 Å². The summed E-state index contributed by atoms with van der Waals surface area (Å²) in [4.78, 5) is 24.7. The third kappa shape index (κ3) is 5.44. The van der Waals surface area contributed by atoms with Gasteiger partial charge < -0.3 is 18.6 Å². The summed E-state index contributed by atoms with van der Waals surface area (Å²) in [6.07, 6.45) is 0. The predicted octanol–water partition coefficient (Wildman–Crippen LogP) is 5.44. The molecular weight excluding hydrogens is 479 g/mol. The largest absolute Gasteiger partial charge is 0.497 e. The van der Waals surface area contributed by atoms with E-state index in [9.17, 15) is 19.2 Å². The number of anilines is 1. The lowest BCUT2D eigenvalue weighted by molar-refractivity contribution is -0.119. The molecule has 1 heterocycles. The van der Waals surface area contributed by atoms with Crippen molar-refractivity contribution in [3.63, 3.8) is 0 Å². The molecule has 0 saturated heterocycles. The summed E-state index contributed by atoms with van der Waals surface area (Å²) in [5.74, 6) is -1.05. The number of hydrogen-bond donors (Lipinski definition) is 1. The average molecular weight is 500 g/mol. The smallest absolute Gasteiger partial charge is 0.341 e. The Labute approximate surface area is 211 Å². The topological polar surface area (TPSA) is 111 Å². The number of benzene rings is 3. The van der Waals surface area contributed by atoms with Gasteiger partial charge >= 0.3 is 5.97 Å². The number of furan rings is 1. The summed E-state index contributed by atoms with van der Waals surface area (Å²) in [7, 11) is 3.09. The lowest BCUT2D eigenvalue weighted by Crippen LogP contribution is -2.21. The van der Waals surface area contributed by atoms with E-state index in [1.807, 2.05) is 0 Å². The van der Waals surface area contributed by atoms with Gasteiger partial charge in [0.1, 0.15) is 34.7 Å². The lowest BCUT2D eigenvalue weighted by Gasteiger charge is -2.06. The molecule has 0 fully saturated rings. The quantitative estimate of drug-likeness (QED) is 0.321. The summed E-state index contributed by atoms with van der Waals surface area (Å²) >= 11 is 0. The predicted molar refractivity (Wildman–Crippen MR) is 133 cm³/mol. The van der Waals surface area contributed by atoms with Crippen LogP contribution in [0.25, 0.3) is 22.5 Å². The maximum atomic E-state index is 13.8. The number of halogens is 1. The summed E-state index contributed by atoms with van der Waals surface area (Å²) in [5, 5.41) is 12.5. The third-order valence-electron chi connectivity index (χ3n) is 5.43. The van der Waals surface area contributed by atoms with Gasteiger partial charge in [0.2, 0.25) is 5.88 Å². The second kappa shape index (κ2) is 11.1. The van der Waals surface area contributed by atoms with E-state index in [1.54, 1.807) is 62.8 Å². The summed E-state index contributed by atoms with van der Waals surface area (Å²) in [5.41, 5.74) is 1.52. The number of esters is 1. The van der Waals surface area contributed by atoms with Crippen LogP contribution in [0.4, 0.5) is 10.3 Å². The number of nitriles is 1. The molecule has 0 unspecified atom stereocenters. The van der Waals surface area contributed by atoms with Crippen molar-refractivity contribution in [2.45, 2.75) is 0 Å². The zero-order chi connectivity index (χ0) is 26.4. The highest BCUT2D eigenvalue weighted by Gasteiger charge is 2.25. The zero-order valence-corrected chi connectivity index (χ0v) is 19.9. The van der Waals surface area contributed by atoms with Gasteiger partial charge in [-0.05, 0) is 54.1 Å². The molecule has 37 heavy (non-hydrogen) atoms. The molecule has 0 spiro atoms. The molecule has 0 bridgehead atoms. The molecule has 8 nitrogen and oxygen atoms in total. The van der Waals surface area contributed by atoms with E-state index < -0.39 is 24.3 Å². The van der Waals surface area contributed by atoms with Crippen molar-refractivity contribution in [3.05, 3.63) is 89.7 Å². The molecular formula is C28H21FN2O6. The van der Waals surface area contributed by atoms with Gasteiger partial charge in [-0.25, -0.2) is 9.18 Å². The van der Waals surface area contributed by atoms with Gasteiger partial charge in [-0.2, -0.15) is 5.26 Å². The Morgan fingerprint density at radius 2 is 1.51 bits per heavy atom. The minimum Gasteiger partial charge on any atom is -0.497 e. The van der Waals surface area contributed by atoms with Gasteiger partial charge in [-0.15, -0.1) is 0 Å². The van der Waals surface area contributed by atoms with Crippen molar-refractivity contribution < 1.29 is 32.6 Å². The number of carbonyl (C=O) groups excluding carboxylic acids is 2. The number of rotatable bonds is 8. The fourth-order valence-electron chi connectivity index (χ4n) is 3.60. The van der Waals surface area contributed by atoms with E-state index in [1.165, 1.54) is 18.2 Å². The fraction of sp³-hybridized carbons (Fsp3) is 0.107. The molecule has 0 aliphatic heterocycles. The first kappa shape index (κ1) is 25.0. The molecule has 0 aliphatic carbocycles. The van der Waals surface area contributed by atoms with Gasteiger partial charge in [0.05, 0.1) is 19.8 Å². The Balaban J connectivity index is 1.65. The van der Waals surface area contributed by atoms with Gasteiger partial charge in [-0.1, -0.05) is 24.3 Å². The molecule has 1 amide bonds. The highest BCUT2D eigenvalue weighted by Crippen LogP contribution is 2.42. The van der Waals surface area contributed by atoms with Crippen LogP contribution in [0.15, 0.2) is 77.2 Å². The molecule has 186 valence electrons. The second-order valence-electron chi connectivity index (χ2n) is 7.68. The first-order chi connectivity index (χ1) is 17.9. The van der Waals surface area contributed by atoms with Crippen LogP contribution in [-0.4, -0.2) is 32.7 Å². The van der Waals surface area contributed by atoms with E-state index >= 15 is 0 Å². The standard InChI is InChI=1S/C28H21FN2O6/c1-34-19-11-7-17(8-12-19)25-22(15-30)27(37-26(25)18-9-13-20(35-2)14-10-18)31-24(32)16-36-28(33)21-5-3-4-6-23(21)29/h3-14H,16H2,1-2H3,(H,31,32). The van der Waals surface area contributed by atoms with E-state index in [4.69, 9.17) is 18.6 Å². The number of amides is 1. The van der Waals surface area contributed by atoms with Crippen LogP contribution in [0, 0.1) is 17.1 Å². The molecule has 0 saturated carbocycles. The van der Waals surface area contributed by atoms with Crippen molar-refractivity contribution >= 4 is 17.8 Å². The number of hydrogen-bond acceptors (Lipinski definition) is 7. The van der Waals surface area contributed by atoms with Crippen LogP contribution in [0.5, 0.6) is 11.5 Å². The Hall–Kier alpha value is -5.10. The monoisotopic (exact) mass is 500 g/mol. The lowest BCUT2D eigenvalue weighted by atomic mass is 9.98. The fourth-order valence-corrected chi connectivity index (χ4v) is 3.60. The number of nitrogens with one attached hydrogen (secondary N) is 1. The van der Waals surface area contributed by atoms with Gasteiger partial charge in [0, 0.05) is 11.1 Å². The van der Waals surface area contributed by atoms with E-state index in [0.29, 0.717) is 33.9 Å². The van der Waals surface area contributed by atoms with E-state index in [2.05, 4.69) is 11.4 Å². The molecule has 0 radical (unpaired) electrons. The highest BCUT2D eigenvalue weighted by molar-refractivity contribution is 5.98. The minimum atomic E-state index is -0.994. The van der Waals surface area contributed by atoms with Gasteiger partial charge in [0.15, 0.2) is 6.61 Å². The van der Waals surface area contributed by atoms with Gasteiger partial charge in [0.25, 0.3) is 5.91 Å². The molecule has 4 rings (SSSR count). The summed E-state index contributed by atoms with van der Waals surface area (Å²) < 4.78 is 35.1. The molecule has 4 aromatic rings. The van der Waals surface area contributed by atoms with Crippen LogP contribution in [0.2, 0.25) is 0 Å². The number of carbonyl (C=O) groups is 2. The Morgan fingerprint density at radius 1 is 0.919 bits per heavy atom. The van der Waals surface area contributed by atoms with Crippen LogP contribution >= 0.6 is 0 Å². The minimum absolute atomic E-state index is 0.0739. The maximum absolute atomic E-state index is 13.8. The molecule has 0 aliphatic rings. The van der Waals surface area contributed by atoms with Crippen LogP contribution in [-0.2, 0) is 9.53 Å². The van der Waals surface area contributed by atoms with Crippen LogP contribution < -0.4 is 14.8 Å². The Bertz CT molecular complexity index is 1470. The average Bonchev–Trinajstić information content (AvgIpc) is 3.29. The SMILES string of the molecule is COc1ccc(-c2oc(NC(=O)COC(=O)c3ccccc3F)c(C#N)c2-c2ccc(OC)cc2)cc1. The Kier molecular flexibility index (Phi) is 7.50. The molecule has 1 N–H and O–H groups in total. The summed E-state index contributed by atoms with van der Waals surface area (Å²) in [6.45, 7) is -0.714. The van der Waals surface area contributed by atoms with Crippen molar-refractivity contribution in [1.29, 1.82) is 5.26 Å². The normalized spacial score (nSPS) is 10.3. The highest BCUT2D eigenvalue weighted by atomic mass is 19.1.